The van der Waals surface area contributed by atoms with E-state index in [0.717, 1.165) is 0 Å². The summed E-state index contributed by atoms with van der Waals surface area (Å²) >= 11 is 0. The van der Waals surface area contributed by atoms with Gasteiger partial charge in [-0.05, 0) is 12.8 Å². The fraction of sp³-hybridized carbons (Fsp3) is 0.818. The predicted octanol–water partition coefficient (Wildman–Crippen LogP) is 3.93. The molecular weight excluding hydrogens is 339 g/mol. The Bertz CT molecular complexity index is 79.1. The molecule has 0 heterocycles. The van der Waals surface area contributed by atoms with E-state index in [-0.39, 0.29) is 27.3 Å². The Labute approximate surface area is 98.0 Å². The van der Waals surface area contributed by atoms with Gasteiger partial charge in [0, 0.05) is 27.3 Å². The molecule has 0 unspecified atom stereocenters. The van der Waals surface area contributed by atoms with E-state index in [2.05, 4.69) is 13.5 Å². The van der Waals surface area contributed by atoms with Gasteiger partial charge in [-0.25, -0.2) is 0 Å². The summed E-state index contributed by atoms with van der Waals surface area (Å²) in [6.07, 6.45) is 13.0. The van der Waals surface area contributed by atoms with Crippen molar-refractivity contribution >= 4 is 27.3 Å². The summed E-state index contributed by atoms with van der Waals surface area (Å²) in [6.45, 7) is 5.97. The minimum absolute atomic E-state index is 0. The first-order valence-electron chi connectivity index (χ1n) is 5.02. The van der Waals surface area contributed by atoms with Crippen molar-refractivity contribution in [2.75, 3.05) is 0 Å². The maximum atomic E-state index is 3.71. The van der Waals surface area contributed by atoms with Gasteiger partial charge in [0.05, 0.1) is 0 Å². The maximum absolute atomic E-state index is 3.71. The molecule has 0 rings (SSSR count). The van der Waals surface area contributed by atoms with Crippen LogP contribution in [0, 0.1) is 0 Å². The van der Waals surface area contributed by atoms with Crippen LogP contribution in [-0.2, 0) is 0 Å². The molecule has 4 radical (unpaired) electrons. The predicted molar refractivity (Wildman–Crippen MR) is 58.6 cm³/mol. The van der Waals surface area contributed by atoms with Gasteiger partial charge >= 0.3 is 0 Å². The zero-order valence-corrected chi connectivity index (χ0v) is 12.3. The molecule has 0 aromatic carbocycles. The third-order valence-electron chi connectivity index (χ3n) is 2.01. The topological polar surface area (TPSA) is 0 Å². The molecular formula is C11H22Pb. The minimum Gasteiger partial charge on any atom is -0.103 e. The number of rotatable bonds is 8. The molecule has 0 saturated carbocycles. The van der Waals surface area contributed by atoms with Crippen molar-refractivity contribution in [2.45, 2.75) is 58.3 Å². The summed E-state index contributed by atoms with van der Waals surface area (Å²) < 4.78 is 0. The molecule has 0 amide bonds. The van der Waals surface area contributed by atoms with Crippen molar-refractivity contribution < 1.29 is 0 Å². The molecule has 0 aromatic rings. The Kier molecular flexibility index (Phi) is 17.9. The monoisotopic (exact) mass is 362 g/mol. The van der Waals surface area contributed by atoms with Crippen LogP contribution in [-0.4, -0.2) is 27.3 Å². The van der Waals surface area contributed by atoms with Crippen molar-refractivity contribution in [1.82, 2.24) is 0 Å². The van der Waals surface area contributed by atoms with Crippen molar-refractivity contribution in [3.63, 3.8) is 0 Å². The van der Waals surface area contributed by atoms with E-state index in [9.17, 15) is 0 Å². The molecule has 0 saturated heterocycles. The molecule has 0 aromatic heterocycles. The smallest absolute Gasteiger partial charge is 0 e. The van der Waals surface area contributed by atoms with Gasteiger partial charge in [0.1, 0.15) is 0 Å². The van der Waals surface area contributed by atoms with Crippen LogP contribution in [0.1, 0.15) is 58.3 Å². The quantitative estimate of drug-likeness (QED) is 0.349. The SMILES string of the molecule is C=CCCCCCCCCC.[Pb]. The average molecular weight is 361 g/mol. The molecule has 0 bridgehead atoms. The molecule has 0 atom stereocenters. The molecule has 0 spiro atoms. The zero-order chi connectivity index (χ0) is 8.36. The van der Waals surface area contributed by atoms with Gasteiger partial charge in [-0.2, -0.15) is 0 Å². The van der Waals surface area contributed by atoms with E-state index in [1.54, 1.807) is 0 Å². The molecule has 0 N–H and O–H groups in total. The second kappa shape index (κ2) is 14.2. The Balaban J connectivity index is 0. The van der Waals surface area contributed by atoms with E-state index in [0.29, 0.717) is 0 Å². The average Bonchev–Trinajstić information content (AvgIpc) is 2.03. The third kappa shape index (κ3) is 13.3. The summed E-state index contributed by atoms with van der Waals surface area (Å²) in [5.74, 6) is 0. The first-order valence-corrected chi connectivity index (χ1v) is 5.02. The first kappa shape index (κ1) is 15.1. The minimum atomic E-state index is 0. The van der Waals surface area contributed by atoms with Crippen LogP contribution >= 0.6 is 0 Å². The van der Waals surface area contributed by atoms with Crippen LogP contribution in [0.25, 0.3) is 0 Å². The van der Waals surface area contributed by atoms with E-state index >= 15 is 0 Å². The molecule has 0 aliphatic heterocycles. The van der Waals surface area contributed by atoms with Crippen LogP contribution in [0.4, 0.5) is 0 Å². The molecule has 0 fully saturated rings. The largest absolute Gasteiger partial charge is 0.103 e. The molecule has 70 valence electrons. The molecule has 0 aliphatic carbocycles. The van der Waals surface area contributed by atoms with Crippen LogP contribution in [0.15, 0.2) is 12.7 Å². The normalized spacial score (nSPS) is 9.08. The number of hydrogen-bond acceptors (Lipinski definition) is 0. The summed E-state index contributed by atoms with van der Waals surface area (Å²) in [5, 5.41) is 0. The van der Waals surface area contributed by atoms with E-state index in [1.165, 1.54) is 51.4 Å². The fourth-order valence-electron chi connectivity index (χ4n) is 1.25. The van der Waals surface area contributed by atoms with Gasteiger partial charge in [-0.1, -0.05) is 51.5 Å². The molecule has 1 heteroatoms. The van der Waals surface area contributed by atoms with Gasteiger partial charge in [-0.3, -0.25) is 0 Å². The van der Waals surface area contributed by atoms with Crippen molar-refractivity contribution in [3.05, 3.63) is 12.7 Å². The van der Waals surface area contributed by atoms with Gasteiger partial charge in [0.25, 0.3) is 0 Å². The summed E-state index contributed by atoms with van der Waals surface area (Å²) in [5.41, 5.74) is 0. The summed E-state index contributed by atoms with van der Waals surface area (Å²) in [4.78, 5) is 0. The van der Waals surface area contributed by atoms with E-state index < -0.39 is 0 Å². The van der Waals surface area contributed by atoms with Gasteiger partial charge < -0.3 is 0 Å². The Morgan fingerprint density at radius 3 is 1.92 bits per heavy atom. The second-order valence-electron chi connectivity index (χ2n) is 3.20. The second-order valence-corrected chi connectivity index (χ2v) is 3.20. The van der Waals surface area contributed by atoms with Crippen LogP contribution in [0.2, 0.25) is 0 Å². The fourth-order valence-corrected chi connectivity index (χ4v) is 1.25. The van der Waals surface area contributed by atoms with Crippen molar-refractivity contribution in [1.29, 1.82) is 0 Å². The zero-order valence-electron chi connectivity index (χ0n) is 8.44. The van der Waals surface area contributed by atoms with Crippen molar-refractivity contribution in [2.24, 2.45) is 0 Å². The van der Waals surface area contributed by atoms with Crippen LogP contribution < -0.4 is 0 Å². The van der Waals surface area contributed by atoms with Crippen LogP contribution in [0.5, 0.6) is 0 Å². The standard InChI is InChI=1S/C11H22.Pb/c1-3-5-7-9-11-10-8-6-4-2;/h3H,1,4-11H2,2H3;. The van der Waals surface area contributed by atoms with Crippen LogP contribution in [0.3, 0.4) is 0 Å². The molecule has 12 heavy (non-hydrogen) atoms. The van der Waals surface area contributed by atoms with Crippen molar-refractivity contribution in [3.8, 4) is 0 Å². The summed E-state index contributed by atoms with van der Waals surface area (Å²) in [7, 11) is 0. The summed E-state index contributed by atoms with van der Waals surface area (Å²) in [6, 6.07) is 0. The van der Waals surface area contributed by atoms with Gasteiger partial charge in [-0.15, -0.1) is 6.58 Å². The Morgan fingerprint density at radius 2 is 1.42 bits per heavy atom. The number of unbranched alkanes of at least 4 members (excludes halogenated alkanes) is 7. The first-order chi connectivity index (χ1) is 5.41. The molecule has 0 nitrogen and oxygen atoms in total. The molecule has 0 aliphatic rings. The Morgan fingerprint density at radius 1 is 0.917 bits per heavy atom. The number of hydrogen-bond donors (Lipinski definition) is 0. The van der Waals surface area contributed by atoms with Gasteiger partial charge in [0.2, 0.25) is 0 Å². The van der Waals surface area contributed by atoms with Gasteiger partial charge in [0.15, 0.2) is 0 Å². The number of allylic oxidation sites excluding steroid dienone is 1. The Hall–Kier alpha value is 0.662. The van der Waals surface area contributed by atoms with E-state index in [4.69, 9.17) is 0 Å². The van der Waals surface area contributed by atoms with E-state index in [1.807, 2.05) is 6.08 Å². The third-order valence-corrected chi connectivity index (χ3v) is 2.01. The maximum Gasteiger partial charge on any atom is 0 e.